The van der Waals surface area contributed by atoms with E-state index >= 15 is 0 Å². The van der Waals surface area contributed by atoms with E-state index in [1.807, 2.05) is 24.3 Å². The Balaban J connectivity index is 1.39. The van der Waals surface area contributed by atoms with Crippen LogP contribution in [0.5, 0.6) is 0 Å². The van der Waals surface area contributed by atoms with Crippen LogP contribution in [0.1, 0.15) is 36.3 Å². The van der Waals surface area contributed by atoms with Gasteiger partial charge in [-0.15, -0.1) is 0 Å². The summed E-state index contributed by atoms with van der Waals surface area (Å²) in [6.45, 7) is 0.627. The minimum atomic E-state index is -0.822. The van der Waals surface area contributed by atoms with Crippen LogP contribution >= 0.6 is 0 Å². The highest BCUT2D eigenvalue weighted by Crippen LogP contribution is 2.48. The van der Waals surface area contributed by atoms with E-state index in [0.29, 0.717) is 6.54 Å². The number of hydrogen-bond acceptors (Lipinski definition) is 3. The lowest BCUT2D eigenvalue weighted by Gasteiger charge is -2.16. The maximum absolute atomic E-state index is 12.1. The van der Waals surface area contributed by atoms with Gasteiger partial charge in [-0.25, -0.2) is 4.79 Å². The van der Waals surface area contributed by atoms with E-state index in [2.05, 4.69) is 29.6 Å². The molecule has 1 fully saturated rings. The third-order valence-corrected chi connectivity index (χ3v) is 5.43. The van der Waals surface area contributed by atoms with Crippen molar-refractivity contribution < 1.29 is 19.4 Å². The zero-order chi connectivity index (χ0) is 18.1. The van der Waals surface area contributed by atoms with Gasteiger partial charge >= 0.3 is 12.1 Å². The van der Waals surface area contributed by atoms with Crippen molar-refractivity contribution in [2.24, 2.45) is 5.41 Å². The number of ether oxygens (including phenoxy) is 1. The molecule has 0 aromatic heterocycles. The molecule has 5 heteroatoms. The van der Waals surface area contributed by atoms with Gasteiger partial charge in [0, 0.05) is 12.5 Å². The Kier molecular flexibility index (Phi) is 4.15. The third-order valence-electron chi connectivity index (χ3n) is 5.43. The smallest absolute Gasteiger partial charge is 0.407 e. The highest BCUT2D eigenvalue weighted by molar-refractivity contribution is 5.79. The Labute approximate surface area is 152 Å². The molecule has 134 valence electrons. The minimum absolute atomic E-state index is 0.0297. The number of carboxylic acids is 1. The van der Waals surface area contributed by atoms with E-state index in [9.17, 15) is 9.59 Å². The van der Waals surface area contributed by atoms with E-state index in [1.165, 1.54) is 22.3 Å². The first-order valence-electron chi connectivity index (χ1n) is 8.89. The van der Waals surface area contributed by atoms with Crippen molar-refractivity contribution in [1.82, 2.24) is 5.32 Å². The summed E-state index contributed by atoms with van der Waals surface area (Å²) in [7, 11) is 0. The van der Waals surface area contributed by atoms with Crippen LogP contribution in [0.4, 0.5) is 4.79 Å². The van der Waals surface area contributed by atoms with Gasteiger partial charge in [-0.3, -0.25) is 4.79 Å². The number of carbonyl (C=O) groups excluding carboxylic acids is 1. The van der Waals surface area contributed by atoms with Crippen molar-refractivity contribution in [3.8, 4) is 11.1 Å². The molecule has 2 aromatic carbocycles. The Bertz CT molecular complexity index is 811. The average molecular weight is 351 g/mol. The van der Waals surface area contributed by atoms with E-state index < -0.39 is 12.1 Å². The van der Waals surface area contributed by atoms with Crippen molar-refractivity contribution >= 4 is 12.1 Å². The maximum atomic E-state index is 12.1. The van der Waals surface area contributed by atoms with Crippen molar-refractivity contribution in [2.75, 3.05) is 13.2 Å². The van der Waals surface area contributed by atoms with Crippen LogP contribution in [0, 0.1) is 5.41 Å². The molecule has 2 aliphatic rings. The quantitative estimate of drug-likeness (QED) is 0.830. The number of aliphatic carboxylic acids is 1. The van der Waals surface area contributed by atoms with Gasteiger partial charge < -0.3 is 15.2 Å². The lowest BCUT2D eigenvalue weighted by Crippen LogP contribution is -2.32. The van der Waals surface area contributed by atoms with Crippen molar-refractivity contribution in [3.63, 3.8) is 0 Å². The summed E-state index contributed by atoms with van der Waals surface area (Å²) in [6, 6.07) is 16.4. The average Bonchev–Trinajstić information content (AvgIpc) is 3.32. The zero-order valence-electron chi connectivity index (χ0n) is 14.4. The van der Waals surface area contributed by atoms with Crippen molar-refractivity contribution in [2.45, 2.75) is 25.2 Å². The normalized spacial score (nSPS) is 16.5. The molecule has 2 aliphatic carbocycles. The molecule has 0 spiro atoms. The van der Waals surface area contributed by atoms with Crippen LogP contribution in [0.25, 0.3) is 11.1 Å². The Hall–Kier alpha value is -2.82. The molecule has 0 radical (unpaired) electrons. The van der Waals surface area contributed by atoms with Crippen LogP contribution in [0.3, 0.4) is 0 Å². The Morgan fingerprint density at radius 3 is 2.15 bits per heavy atom. The molecule has 0 bridgehead atoms. The molecular formula is C21H21NO4. The summed E-state index contributed by atoms with van der Waals surface area (Å²) in [4.78, 5) is 23.0. The van der Waals surface area contributed by atoms with Crippen molar-refractivity contribution in [1.29, 1.82) is 0 Å². The summed E-state index contributed by atoms with van der Waals surface area (Å²) in [5.41, 5.74) is 4.44. The molecule has 0 heterocycles. The number of fused-ring (bicyclic) bond motifs is 3. The van der Waals surface area contributed by atoms with Gasteiger partial charge in [0.05, 0.1) is 6.42 Å². The molecule has 1 saturated carbocycles. The molecule has 0 aliphatic heterocycles. The van der Waals surface area contributed by atoms with Gasteiger partial charge in [-0.2, -0.15) is 0 Å². The monoisotopic (exact) mass is 351 g/mol. The Morgan fingerprint density at radius 2 is 1.62 bits per heavy atom. The zero-order valence-corrected chi connectivity index (χ0v) is 14.4. The fourth-order valence-corrected chi connectivity index (χ4v) is 3.82. The first kappa shape index (κ1) is 16.6. The summed E-state index contributed by atoms with van der Waals surface area (Å²) in [5, 5.41) is 11.7. The number of rotatable bonds is 6. The molecule has 5 nitrogen and oxygen atoms in total. The second-order valence-corrected chi connectivity index (χ2v) is 7.25. The van der Waals surface area contributed by atoms with Gasteiger partial charge in [0.2, 0.25) is 0 Å². The lowest BCUT2D eigenvalue weighted by molar-refractivity contribution is -0.138. The number of carboxylic acid groups (broad SMARTS) is 1. The van der Waals surface area contributed by atoms with Gasteiger partial charge in [-0.05, 0) is 40.5 Å². The van der Waals surface area contributed by atoms with E-state index in [0.717, 1.165) is 12.8 Å². The fraction of sp³-hybridized carbons (Fsp3) is 0.333. The number of carbonyl (C=O) groups is 2. The predicted octanol–water partition coefficient (Wildman–Crippen LogP) is 3.78. The molecule has 2 aromatic rings. The van der Waals surface area contributed by atoms with E-state index in [1.54, 1.807) is 0 Å². The van der Waals surface area contributed by atoms with Crippen LogP contribution in [-0.2, 0) is 9.53 Å². The number of nitrogens with one attached hydrogen (secondary N) is 1. The molecule has 0 atom stereocenters. The maximum Gasteiger partial charge on any atom is 0.407 e. The van der Waals surface area contributed by atoms with Gasteiger partial charge in [0.1, 0.15) is 6.61 Å². The minimum Gasteiger partial charge on any atom is -0.481 e. The highest BCUT2D eigenvalue weighted by atomic mass is 16.5. The summed E-state index contributed by atoms with van der Waals surface area (Å²) < 4.78 is 5.47. The highest BCUT2D eigenvalue weighted by Gasteiger charge is 2.44. The molecular weight excluding hydrogens is 330 g/mol. The first-order valence-corrected chi connectivity index (χ1v) is 8.89. The summed E-state index contributed by atoms with van der Waals surface area (Å²) in [5.74, 6) is -0.793. The largest absolute Gasteiger partial charge is 0.481 e. The molecule has 0 saturated heterocycles. The van der Waals surface area contributed by atoms with E-state index in [-0.39, 0.29) is 24.4 Å². The topological polar surface area (TPSA) is 75.6 Å². The summed E-state index contributed by atoms with van der Waals surface area (Å²) >= 11 is 0. The predicted molar refractivity (Wildman–Crippen MR) is 97.0 cm³/mol. The second-order valence-electron chi connectivity index (χ2n) is 7.25. The standard InChI is InChI=1S/C21H21NO4/c23-19(24)11-21(9-10-21)13-22-20(25)26-12-18-16-7-3-1-5-14(16)15-6-2-4-8-17(15)18/h1-8,18H,9-13H2,(H,22,25)(H,23,24). The van der Waals surface area contributed by atoms with Gasteiger partial charge in [0.25, 0.3) is 0 Å². The fourth-order valence-electron chi connectivity index (χ4n) is 3.82. The Morgan fingerprint density at radius 1 is 1.04 bits per heavy atom. The molecule has 0 unspecified atom stereocenters. The molecule has 2 N–H and O–H groups in total. The lowest BCUT2D eigenvalue weighted by atomic mass is 9.98. The molecule has 4 rings (SSSR count). The third kappa shape index (κ3) is 3.17. The number of benzene rings is 2. The van der Waals surface area contributed by atoms with Crippen LogP contribution in [0.2, 0.25) is 0 Å². The van der Waals surface area contributed by atoms with Gasteiger partial charge in [-0.1, -0.05) is 48.5 Å². The molecule has 26 heavy (non-hydrogen) atoms. The molecule has 1 amide bonds. The first-order chi connectivity index (χ1) is 12.6. The van der Waals surface area contributed by atoms with Crippen LogP contribution in [-0.4, -0.2) is 30.3 Å². The second kappa shape index (κ2) is 6.48. The van der Waals surface area contributed by atoms with Crippen molar-refractivity contribution in [3.05, 3.63) is 59.7 Å². The number of hydrogen-bond donors (Lipinski definition) is 2. The summed E-state index contributed by atoms with van der Waals surface area (Å²) in [6.07, 6.45) is 1.28. The van der Waals surface area contributed by atoms with E-state index in [4.69, 9.17) is 9.84 Å². The SMILES string of the molecule is O=C(O)CC1(CNC(=O)OCC2c3ccccc3-c3ccccc32)CC1. The van der Waals surface area contributed by atoms with Gasteiger partial charge in [0.15, 0.2) is 0 Å². The number of amides is 1. The number of alkyl carbamates (subject to hydrolysis) is 1. The van der Waals surface area contributed by atoms with Crippen LogP contribution < -0.4 is 5.32 Å². The van der Waals surface area contributed by atoms with Crippen LogP contribution in [0.15, 0.2) is 48.5 Å².